The van der Waals surface area contributed by atoms with Gasteiger partial charge in [0.2, 0.25) is 0 Å². The summed E-state index contributed by atoms with van der Waals surface area (Å²) in [5, 5.41) is 0. The minimum atomic E-state index is -0.856. The monoisotopic (exact) mass is 512 g/mol. The summed E-state index contributed by atoms with van der Waals surface area (Å²) in [6.45, 7) is 1.42. The molecule has 0 amide bonds. The summed E-state index contributed by atoms with van der Waals surface area (Å²) in [6.07, 6.45) is 4.04. The van der Waals surface area contributed by atoms with Crippen molar-refractivity contribution in [3.05, 3.63) is 119 Å². The van der Waals surface area contributed by atoms with Crippen LogP contribution in [0.1, 0.15) is 46.1 Å². The van der Waals surface area contributed by atoms with E-state index in [0.717, 1.165) is 64.2 Å². The molecule has 0 bridgehead atoms. The lowest BCUT2D eigenvalue weighted by Gasteiger charge is -2.46. The van der Waals surface area contributed by atoms with E-state index < -0.39 is 11.0 Å². The van der Waals surface area contributed by atoms with Crippen molar-refractivity contribution in [3.8, 4) is 11.3 Å². The Morgan fingerprint density at radius 3 is 2.46 bits per heavy atom. The number of fused-ring (bicyclic) bond motifs is 10. The molecule has 5 heterocycles. The maximum absolute atomic E-state index is 15.0. The van der Waals surface area contributed by atoms with Crippen LogP contribution in [0, 0.1) is 11.2 Å². The molecule has 5 nitrogen and oxygen atoms in total. The van der Waals surface area contributed by atoms with E-state index in [1.165, 1.54) is 12.1 Å². The molecule has 1 aliphatic carbocycles. The summed E-state index contributed by atoms with van der Waals surface area (Å²) in [5.74, 6) is -0.240. The highest BCUT2D eigenvalue weighted by Crippen LogP contribution is 2.72. The molecule has 0 N–H and O–H groups in total. The maximum atomic E-state index is 15.0. The second-order valence-electron chi connectivity index (χ2n) is 11.4. The van der Waals surface area contributed by atoms with Gasteiger partial charge in [-0.1, -0.05) is 48.5 Å². The Kier molecular flexibility index (Phi) is 4.05. The van der Waals surface area contributed by atoms with E-state index in [2.05, 4.69) is 33.7 Å². The van der Waals surface area contributed by atoms with Gasteiger partial charge >= 0.3 is 0 Å². The van der Waals surface area contributed by atoms with Crippen LogP contribution in [0.5, 0.6) is 0 Å². The molecule has 4 atom stereocenters. The molecule has 2 aromatic heterocycles. The number of Topliss-reactive ketones (excluding diaryl/α,β-unsaturated/α-hetero) is 1. The number of halogens is 1. The standard InChI is InChI=1S/C33H25FN4O/c34-21-15-13-20(14-16-21)28-26-11-6-18-38(26)33(32(28)19-37-17-5-12-27(37)31(32)39)23-8-2-1-7-22(23)29-30(33)36-25-10-4-3-9-24(25)35-29/h1-5,7-10,12-17,26,28H,6,11,18-19H2. The first-order valence-corrected chi connectivity index (χ1v) is 13.7. The highest BCUT2D eigenvalue weighted by atomic mass is 19.1. The highest BCUT2D eigenvalue weighted by Gasteiger charge is 2.77. The Morgan fingerprint density at radius 1 is 0.872 bits per heavy atom. The van der Waals surface area contributed by atoms with Gasteiger partial charge < -0.3 is 4.57 Å². The summed E-state index contributed by atoms with van der Waals surface area (Å²) >= 11 is 0. The third-order valence-corrected chi connectivity index (χ3v) is 9.89. The van der Waals surface area contributed by atoms with Gasteiger partial charge in [-0.15, -0.1) is 0 Å². The van der Waals surface area contributed by atoms with Crippen LogP contribution in [0.2, 0.25) is 0 Å². The van der Waals surface area contributed by atoms with Crippen LogP contribution in [0.4, 0.5) is 4.39 Å². The van der Waals surface area contributed by atoms with Crippen molar-refractivity contribution < 1.29 is 9.18 Å². The highest BCUT2D eigenvalue weighted by molar-refractivity contribution is 6.05. The Labute approximate surface area is 224 Å². The number of aromatic nitrogens is 3. The number of carbonyl (C=O) groups is 1. The van der Waals surface area contributed by atoms with Crippen molar-refractivity contribution in [2.45, 2.75) is 36.9 Å². The summed E-state index contributed by atoms with van der Waals surface area (Å²) in [7, 11) is 0. The molecular formula is C33H25FN4O. The number of carbonyl (C=O) groups excluding carboxylic acids is 1. The maximum Gasteiger partial charge on any atom is 0.190 e. The van der Waals surface area contributed by atoms with Crippen molar-refractivity contribution >= 4 is 16.8 Å². The molecule has 39 heavy (non-hydrogen) atoms. The van der Waals surface area contributed by atoms with Gasteiger partial charge in [-0.05, 0) is 66.9 Å². The number of para-hydroxylation sites is 2. The van der Waals surface area contributed by atoms with Crippen molar-refractivity contribution in [3.63, 3.8) is 0 Å². The molecule has 0 saturated carbocycles. The Bertz CT molecular complexity index is 1840. The quantitative estimate of drug-likeness (QED) is 0.279. The molecule has 9 rings (SSSR count). The molecule has 2 spiro atoms. The van der Waals surface area contributed by atoms with Gasteiger partial charge in [0, 0.05) is 30.3 Å². The minimum Gasteiger partial charge on any atom is -0.344 e. The van der Waals surface area contributed by atoms with E-state index in [0.29, 0.717) is 6.54 Å². The van der Waals surface area contributed by atoms with Gasteiger partial charge in [0.05, 0.1) is 33.5 Å². The van der Waals surface area contributed by atoms with E-state index in [9.17, 15) is 4.39 Å². The van der Waals surface area contributed by atoms with E-state index >= 15 is 4.79 Å². The van der Waals surface area contributed by atoms with Crippen LogP contribution in [0.3, 0.4) is 0 Å². The van der Waals surface area contributed by atoms with Gasteiger partial charge in [-0.3, -0.25) is 9.69 Å². The first kappa shape index (κ1) is 21.7. The molecule has 0 radical (unpaired) electrons. The number of hydrogen-bond donors (Lipinski definition) is 0. The van der Waals surface area contributed by atoms with E-state index in [-0.39, 0.29) is 23.6 Å². The lowest BCUT2D eigenvalue weighted by atomic mass is 9.57. The zero-order chi connectivity index (χ0) is 25.9. The van der Waals surface area contributed by atoms with Gasteiger partial charge in [-0.25, -0.2) is 14.4 Å². The fourth-order valence-corrected chi connectivity index (χ4v) is 8.70. The van der Waals surface area contributed by atoms with Crippen LogP contribution >= 0.6 is 0 Å². The van der Waals surface area contributed by atoms with E-state index in [1.807, 2.05) is 54.7 Å². The van der Waals surface area contributed by atoms with Crippen LogP contribution in [-0.2, 0) is 12.1 Å². The molecule has 6 heteroatoms. The molecule has 4 unspecified atom stereocenters. The summed E-state index contributed by atoms with van der Waals surface area (Å²) < 4.78 is 16.3. The molecule has 2 fully saturated rings. The van der Waals surface area contributed by atoms with Gasteiger partial charge in [-0.2, -0.15) is 0 Å². The normalized spacial score (nSPS) is 28.4. The number of nitrogens with zero attached hydrogens (tertiary/aromatic N) is 4. The van der Waals surface area contributed by atoms with Crippen LogP contribution < -0.4 is 0 Å². The second-order valence-corrected chi connectivity index (χ2v) is 11.4. The van der Waals surface area contributed by atoms with Gasteiger partial charge in [0.15, 0.2) is 5.78 Å². The average molecular weight is 513 g/mol. The number of ketones is 1. The Balaban J connectivity index is 1.45. The smallest absolute Gasteiger partial charge is 0.190 e. The fourth-order valence-electron chi connectivity index (χ4n) is 8.70. The number of benzene rings is 3. The lowest BCUT2D eigenvalue weighted by Crippen LogP contribution is -2.55. The van der Waals surface area contributed by atoms with Crippen molar-refractivity contribution in [2.75, 3.05) is 6.54 Å². The SMILES string of the molecule is O=C1c2cccn2CC12C(c1ccc(F)cc1)C1CCCN1C21c2ccccc2-c2nc3ccccc3nc21. The summed E-state index contributed by atoms with van der Waals surface area (Å²) in [4.78, 5) is 28.2. The van der Waals surface area contributed by atoms with Crippen LogP contribution in [-0.4, -0.2) is 37.8 Å². The third-order valence-electron chi connectivity index (χ3n) is 9.89. The third kappa shape index (κ3) is 2.39. The van der Waals surface area contributed by atoms with Crippen LogP contribution in [0.25, 0.3) is 22.3 Å². The first-order valence-electron chi connectivity index (χ1n) is 13.7. The number of rotatable bonds is 1. The zero-order valence-electron chi connectivity index (χ0n) is 21.2. The molecule has 4 aliphatic rings. The largest absolute Gasteiger partial charge is 0.344 e. The molecule has 3 aromatic carbocycles. The lowest BCUT2D eigenvalue weighted by molar-refractivity contribution is 0.0461. The van der Waals surface area contributed by atoms with Crippen molar-refractivity contribution in [1.82, 2.24) is 19.4 Å². The first-order chi connectivity index (χ1) is 19.1. The van der Waals surface area contributed by atoms with Crippen molar-refractivity contribution in [2.24, 2.45) is 5.41 Å². The summed E-state index contributed by atoms with van der Waals surface area (Å²) in [6, 6.07) is 27.4. The molecule has 2 saturated heterocycles. The van der Waals surface area contributed by atoms with Crippen LogP contribution in [0.15, 0.2) is 91.1 Å². The van der Waals surface area contributed by atoms with E-state index in [4.69, 9.17) is 9.97 Å². The molecule has 3 aliphatic heterocycles. The fraction of sp³-hybridized carbons (Fsp3) is 0.242. The second kappa shape index (κ2) is 7.27. The Morgan fingerprint density at radius 2 is 1.64 bits per heavy atom. The molecular weight excluding hydrogens is 487 g/mol. The predicted molar refractivity (Wildman–Crippen MR) is 146 cm³/mol. The van der Waals surface area contributed by atoms with Gasteiger partial charge in [0.25, 0.3) is 0 Å². The minimum absolute atomic E-state index is 0.122. The molecule has 190 valence electrons. The number of hydrogen-bond acceptors (Lipinski definition) is 4. The van der Waals surface area contributed by atoms with Crippen molar-refractivity contribution in [1.29, 1.82) is 0 Å². The predicted octanol–water partition coefficient (Wildman–Crippen LogP) is 5.94. The average Bonchev–Trinajstić information content (AvgIpc) is 3.76. The Hall–Kier alpha value is -4.16. The molecule has 5 aromatic rings. The van der Waals surface area contributed by atoms with Gasteiger partial charge in [0.1, 0.15) is 11.4 Å². The summed E-state index contributed by atoms with van der Waals surface area (Å²) in [5.41, 5.74) is 5.74. The zero-order valence-corrected chi connectivity index (χ0v) is 21.2. The topological polar surface area (TPSA) is 51.0 Å². The van der Waals surface area contributed by atoms with E-state index in [1.54, 1.807) is 0 Å².